The van der Waals surface area contributed by atoms with Crippen LogP contribution in [-0.2, 0) is 17.9 Å². The summed E-state index contributed by atoms with van der Waals surface area (Å²) in [7, 11) is 0. The number of rotatable bonds is 6. The molecule has 0 N–H and O–H groups in total. The summed E-state index contributed by atoms with van der Waals surface area (Å²) in [6, 6.07) is 7.79. The zero-order valence-electron chi connectivity index (χ0n) is 11.8. The van der Waals surface area contributed by atoms with Crippen LogP contribution in [0.15, 0.2) is 52.0 Å². The Labute approximate surface area is 123 Å². The van der Waals surface area contributed by atoms with E-state index < -0.39 is 0 Å². The fraction of sp³-hybridized carbons (Fsp3) is 0.312. The van der Waals surface area contributed by atoms with Crippen molar-refractivity contribution in [3.05, 3.63) is 58.2 Å². The SMILES string of the molecule is CCC=C(C)C(=O)N(Cc1ccco1)Cc1cccs1. The molecular weight excluding hydrogens is 270 g/mol. The van der Waals surface area contributed by atoms with Gasteiger partial charge in [-0.05, 0) is 36.9 Å². The minimum absolute atomic E-state index is 0.0663. The van der Waals surface area contributed by atoms with Gasteiger partial charge in [0.15, 0.2) is 0 Å². The average Bonchev–Trinajstić information content (AvgIpc) is 3.10. The molecule has 0 spiro atoms. The lowest BCUT2D eigenvalue weighted by atomic mass is 10.2. The third-order valence-corrected chi connectivity index (χ3v) is 3.85. The molecule has 2 heterocycles. The molecule has 0 aliphatic carbocycles. The molecule has 106 valence electrons. The van der Waals surface area contributed by atoms with Crippen LogP contribution in [0.5, 0.6) is 0 Å². The predicted octanol–water partition coefficient (Wildman–Crippen LogP) is 4.23. The van der Waals surface area contributed by atoms with E-state index >= 15 is 0 Å². The highest BCUT2D eigenvalue weighted by atomic mass is 32.1. The summed E-state index contributed by atoms with van der Waals surface area (Å²) in [6.07, 6.45) is 4.47. The summed E-state index contributed by atoms with van der Waals surface area (Å²) in [5, 5.41) is 2.03. The number of amides is 1. The zero-order valence-corrected chi connectivity index (χ0v) is 12.7. The summed E-state index contributed by atoms with van der Waals surface area (Å²) >= 11 is 1.66. The van der Waals surface area contributed by atoms with Gasteiger partial charge in [0.1, 0.15) is 5.76 Å². The third-order valence-electron chi connectivity index (χ3n) is 2.99. The molecule has 2 aromatic rings. The summed E-state index contributed by atoms with van der Waals surface area (Å²) in [5.74, 6) is 0.871. The lowest BCUT2D eigenvalue weighted by Gasteiger charge is -2.21. The first-order valence-electron chi connectivity index (χ1n) is 6.71. The number of hydrogen-bond acceptors (Lipinski definition) is 3. The van der Waals surface area contributed by atoms with Crippen molar-refractivity contribution in [2.45, 2.75) is 33.4 Å². The normalized spacial score (nSPS) is 11.6. The summed E-state index contributed by atoms with van der Waals surface area (Å²) in [5.41, 5.74) is 0.788. The second-order valence-electron chi connectivity index (χ2n) is 4.62. The Morgan fingerprint density at radius 2 is 2.20 bits per heavy atom. The quantitative estimate of drug-likeness (QED) is 0.746. The fourth-order valence-electron chi connectivity index (χ4n) is 2.02. The van der Waals surface area contributed by atoms with Crippen LogP contribution in [0.1, 0.15) is 30.9 Å². The minimum Gasteiger partial charge on any atom is -0.467 e. The van der Waals surface area contributed by atoms with Crippen molar-refractivity contribution >= 4 is 17.2 Å². The van der Waals surface area contributed by atoms with Gasteiger partial charge in [-0.3, -0.25) is 4.79 Å². The Bertz CT molecular complexity index is 519. The smallest absolute Gasteiger partial charge is 0.249 e. The van der Waals surface area contributed by atoms with E-state index in [1.807, 2.05) is 54.5 Å². The van der Waals surface area contributed by atoms with E-state index in [1.165, 1.54) is 4.88 Å². The van der Waals surface area contributed by atoms with Gasteiger partial charge in [-0.2, -0.15) is 0 Å². The van der Waals surface area contributed by atoms with Gasteiger partial charge < -0.3 is 9.32 Å². The molecule has 0 aliphatic rings. The summed E-state index contributed by atoms with van der Waals surface area (Å²) in [6.45, 7) is 5.02. The summed E-state index contributed by atoms with van der Waals surface area (Å²) in [4.78, 5) is 15.5. The van der Waals surface area contributed by atoms with Crippen LogP contribution >= 0.6 is 11.3 Å². The molecule has 0 radical (unpaired) electrons. The Kier molecular flexibility index (Phi) is 5.18. The van der Waals surface area contributed by atoms with E-state index in [2.05, 4.69) is 0 Å². The Morgan fingerprint density at radius 1 is 1.35 bits per heavy atom. The van der Waals surface area contributed by atoms with Gasteiger partial charge in [0.25, 0.3) is 0 Å². The molecule has 3 nitrogen and oxygen atoms in total. The van der Waals surface area contributed by atoms with Crippen molar-refractivity contribution in [2.75, 3.05) is 0 Å². The van der Waals surface area contributed by atoms with Gasteiger partial charge in [0, 0.05) is 10.5 Å². The van der Waals surface area contributed by atoms with Gasteiger partial charge in [-0.25, -0.2) is 0 Å². The Morgan fingerprint density at radius 3 is 2.80 bits per heavy atom. The number of furan rings is 1. The molecule has 2 aromatic heterocycles. The second kappa shape index (κ2) is 7.10. The third kappa shape index (κ3) is 3.84. The van der Waals surface area contributed by atoms with Crippen molar-refractivity contribution in [1.29, 1.82) is 0 Å². The number of allylic oxidation sites excluding steroid dienone is 1. The van der Waals surface area contributed by atoms with E-state index in [9.17, 15) is 4.79 Å². The highest BCUT2D eigenvalue weighted by Crippen LogP contribution is 2.17. The molecule has 0 bridgehead atoms. The maximum atomic E-state index is 12.5. The van der Waals surface area contributed by atoms with E-state index in [0.717, 1.165) is 17.8 Å². The van der Waals surface area contributed by atoms with E-state index in [4.69, 9.17) is 4.42 Å². The van der Waals surface area contributed by atoms with Crippen LogP contribution in [-0.4, -0.2) is 10.8 Å². The van der Waals surface area contributed by atoms with E-state index in [-0.39, 0.29) is 5.91 Å². The van der Waals surface area contributed by atoms with Crippen molar-refractivity contribution < 1.29 is 9.21 Å². The maximum Gasteiger partial charge on any atom is 0.249 e. The number of carbonyl (C=O) groups excluding carboxylic acids is 1. The second-order valence-corrected chi connectivity index (χ2v) is 5.65. The molecule has 0 fully saturated rings. The van der Waals surface area contributed by atoms with Gasteiger partial charge in [-0.15, -0.1) is 11.3 Å². The standard InChI is InChI=1S/C16H19NO2S/c1-3-6-13(2)16(18)17(11-14-7-4-9-19-14)12-15-8-5-10-20-15/h4-10H,3,11-12H2,1-2H3. The topological polar surface area (TPSA) is 33.5 Å². The monoisotopic (exact) mass is 289 g/mol. The Hall–Kier alpha value is -1.81. The van der Waals surface area contributed by atoms with Crippen molar-refractivity contribution in [3.63, 3.8) is 0 Å². The van der Waals surface area contributed by atoms with Crippen LogP contribution in [0.2, 0.25) is 0 Å². The molecule has 1 amide bonds. The molecule has 0 saturated heterocycles. The average molecular weight is 289 g/mol. The highest BCUT2D eigenvalue weighted by Gasteiger charge is 2.17. The van der Waals surface area contributed by atoms with Crippen molar-refractivity contribution in [2.24, 2.45) is 0 Å². The van der Waals surface area contributed by atoms with Gasteiger partial charge in [0.2, 0.25) is 5.91 Å². The number of thiophene rings is 1. The number of hydrogen-bond donors (Lipinski definition) is 0. The zero-order chi connectivity index (χ0) is 14.4. The highest BCUT2D eigenvalue weighted by molar-refractivity contribution is 7.09. The molecule has 0 aromatic carbocycles. The van der Waals surface area contributed by atoms with Crippen LogP contribution in [0.25, 0.3) is 0 Å². The molecule has 4 heteroatoms. The van der Waals surface area contributed by atoms with Crippen molar-refractivity contribution in [1.82, 2.24) is 4.90 Å². The molecule has 0 aliphatic heterocycles. The fourth-order valence-corrected chi connectivity index (χ4v) is 2.74. The van der Waals surface area contributed by atoms with Gasteiger partial charge in [0.05, 0.1) is 19.4 Å². The van der Waals surface area contributed by atoms with E-state index in [0.29, 0.717) is 13.1 Å². The van der Waals surface area contributed by atoms with E-state index in [1.54, 1.807) is 17.6 Å². The number of nitrogens with zero attached hydrogens (tertiary/aromatic N) is 1. The van der Waals surface area contributed by atoms with Gasteiger partial charge in [-0.1, -0.05) is 19.1 Å². The van der Waals surface area contributed by atoms with Crippen LogP contribution in [0.3, 0.4) is 0 Å². The lowest BCUT2D eigenvalue weighted by Crippen LogP contribution is -2.30. The predicted molar refractivity (Wildman–Crippen MR) is 81.3 cm³/mol. The van der Waals surface area contributed by atoms with Crippen molar-refractivity contribution in [3.8, 4) is 0 Å². The largest absolute Gasteiger partial charge is 0.467 e. The lowest BCUT2D eigenvalue weighted by molar-refractivity contribution is -0.128. The van der Waals surface area contributed by atoms with Gasteiger partial charge >= 0.3 is 0 Å². The first-order chi connectivity index (χ1) is 9.70. The molecule has 0 saturated carbocycles. The Balaban J connectivity index is 2.14. The first kappa shape index (κ1) is 14.6. The summed E-state index contributed by atoms with van der Waals surface area (Å²) < 4.78 is 5.36. The molecular formula is C16H19NO2S. The van der Waals surface area contributed by atoms with Crippen LogP contribution in [0, 0.1) is 0 Å². The number of carbonyl (C=O) groups is 1. The van der Waals surface area contributed by atoms with Crippen LogP contribution in [0.4, 0.5) is 0 Å². The first-order valence-corrected chi connectivity index (χ1v) is 7.59. The molecule has 0 unspecified atom stereocenters. The maximum absolute atomic E-state index is 12.5. The minimum atomic E-state index is 0.0663. The molecule has 2 rings (SSSR count). The molecule has 20 heavy (non-hydrogen) atoms. The molecule has 0 atom stereocenters. The van der Waals surface area contributed by atoms with Crippen LogP contribution < -0.4 is 0 Å².